The van der Waals surface area contributed by atoms with E-state index >= 15 is 0 Å². The quantitative estimate of drug-likeness (QED) is 0.0206. The van der Waals surface area contributed by atoms with E-state index in [-0.39, 0.29) is 193 Å². The number of hydrogen-bond donors (Lipinski definition) is 9. The van der Waals surface area contributed by atoms with Gasteiger partial charge in [-0.3, -0.25) is 8.98 Å². The molecule has 0 unspecified atom stereocenters. The van der Waals surface area contributed by atoms with Gasteiger partial charge in [0.05, 0.1) is 60.1 Å². The Morgan fingerprint density at radius 2 is 0.971 bits per heavy atom. The average molecular weight is 1510 g/mol. The zero-order valence-electron chi connectivity index (χ0n) is 59.9. The zero-order chi connectivity index (χ0) is 72.6. The molecule has 8 heterocycles. The number of nitrogens with zero attached hydrogens (tertiary/aromatic N) is 9. The number of carbonyl (C=O) groups excluding carboxylic acids is 1. The van der Waals surface area contributed by atoms with Crippen molar-refractivity contribution in [2.24, 2.45) is 22.9 Å². The van der Waals surface area contributed by atoms with Gasteiger partial charge in [-0.05, 0) is 102 Å². The second kappa shape index (κ2) is 37.2. The molecule has 3 aliphatic carbocycles. The van der Waals surface area contributed by atoms with E-state index in [1.165, 1.54) is 0 Å². The van der Waals surface area contributed by atoms with Gasteiger partial charge in [0.2, 0.25) is 0 Å². The summed E-state index contributed by atoms with van der Waals surface area (Å²) in [5.74, 6) is 8.93. The van der Waals surface area contributed by atoms with Gasteiger partial charge in [-0.1, -0.05) is 81.2 Å². The van der Waals surface area contributed by atoms with Crippen molar-refractivity contribution in [1.82, 2.24) is 43.8 Å². The molecule has 104 heavy (non-hydrogen) atoms. The summed E-state index contributed by atoms with van der Waals surface area (Å²) in [6.45, 7) is 14.0. The van der Waals surface area contributed by atoms with Crippen LogP contribution >= 0.6 is 0 Å². The van der Waals surface area contributed by atoms with Crippen LogP contribution in [0.1, 0.15) is 72.5 Å². The smallest absolute Gasteiger partial charge is 1.00 e. The summed E-state index contributed by atoms with van der Waals surface area (Å²) in [5, 5.41) is 85.2. The summed E-state index contributed by atoms with van der Waals surface area (Å²) >= 11 is 0. The normalized spacial score (nSPS) is 23.5. The predicted molar refractivity (Wildman–Crippen MR) is 384 cm³/mol. The molecular weight excluding hydrogens is 1430 g/mol. The molecule has 0 bridgehead atoms. The van der Waals surface area contributed by atoms with Crippen LogP contribution in [0.15, 0.2) is 128 Å². The van der Waals surface area contributed by atoms with E-state index in [0.29, 0.717) is 17.2 Å². The van der Waals surface area contributed by atoms with E-state index in [0.717, 1.165) is 87.7 Å². The Morgan fingerprint density at radius 1 is 0.615 bits per heavy atom. The number of aromatic nitrogens is 9. The monoisotopic (exact) mass is 1510 g/mol. The maximum Gasteiger partial charge on any atom is 1.00 e. The minimum atomic E-state index is -4.13. The first-order valence-corrected chi connectivity index (χ1v) is 37.5. The molecule has 14 rings (SSSR count). The fraction of sp³-hybridized carbons (Fsp3) is 0.403. The third kappa shape index (κ3) is 21.0. The number of ether oxygens (including phenoxy) is 4. The first-order chi connectivity index (χ1) is 48.2. The van der Waals surface area contributed by atoms with Crippen molar-refractivity contribution in [2.45, 2.75) is 140 Å². The number of fused-ring (bicyclic) bond motifs is 5. The number of anilines is 3. The number of hydrogen-bond acceptors (Lipinski definition) is 24. The topological polar surface area (TPSA) is 383 Å². The Morgan fingerprint density at radius 3 is 1.33 bits per heavy atom. The van der Waals surface area contributed by atoms with Crippen LogP contribution in [0.25, 0.3) is 50.7 Å². The standard InChI is InChI=1S/C26H32N4O3Si.C23H24N4O3.C20H21N5O5S.CH2O3.CH4O.CH4.2K.H/c1-26(2)32-24-19(16-31)14-21(25(24)33-26)28-22-9-11-27-23-15-20(29-30(22)23)18-8-6-7-17(13-18)10-12-34(3,4)5;1-4-14-6-5-7-15(10-14)17-12-20-24-9-8-19(27(20)26-17)25-18-11-16(13-28)21-22(18)30-23(2,3)29-21;1-2-12-4-3-5-13(8-12)15-10-18-22-7-6-17(25(18)24-15)23-16-9-14(19(26)20(16)27)11-30-31(21,28)29;2-1-4-3;1-2;;;;/h6-9,11,13,15,19,21,24-25,28,31H,14,16H2,1-5H3;1,5-10,12,16,18,21-22,25,28H,11,13H2,2-3H3;1,3-8,10,14,16,19-20,23,26-27H,9,11H2,(H2,21,28,29);1,3H;2H,1H3;1H4;;;/q;;;;;;2*+1;-1/p-1/t19-,21-,24-,25+;16-,18-,21-,22+;14-,16-,19-,20+;;;;;;/m111....../s1. The number of terminal acetylenes is 2. The minimum absolute atomic E-state index is 0. The zero-order valence-corrected chi connectivity index (χ0v) is 66.9. The first-order valence-electron chi connectivity index (χ1n) is 32.5. The number of nitrogens with two attached hydrogens (primary N) is 1. The molecule has 32 heteroatoms. The number of nitrogens with one attached hydrogen (secondary N) is 3. The van der Waals surface area contributed by atoms with Gasteiger partial charge in [-0.15, -0.1) is 18.4 Å². The fourth-order valence-corrected chi connectivity index (χ4v) is 13.9. The van der Waals surface area contributed by atoms with Gasteiger partial charge >= 0.3 is 113 Å². The molecule has 5 fully saturated rings. The summed E-state index contributed by atoms with van der Waals surface area (Å²) in [4.78, 5) is 24.5. The van der Waals surface area contributed by atoms with Crippen LogP contribution in [-0.4, -0.2) is 186 Å². The Kier molecular flexibility index (Phi) is 30.5. The molecule has 0 amide bonds. The number of benzene rings is 3. The molecule has 542 valence electrons. The van der Waals surface area contributed by atoms with Crippen molar-refractivity contribution in [3.63, 3.8) is 0 Å². The molecule has 6 aromatic heterocycles. The number of aliphatic hydroxyl groups is 5. The van der Waals surface area contributed by atoms with Gasteiger partial charge in [0.1, 0.15) is 43.8 Å². The van der Waals surface area contributed by atoms with E-state index in [1.54, 1.807) is 33.7 Å². The van der Waals surface area contributed by atoms with Crippen molar-refractivity contribution in [3.05, 3.63) is 144 Å². The third-order valence-corrected chi connectivity index (χ3v) is 18.7. The molecule has 2 saturated heterocycles. The van der Waals surface area contributed by atoms with Crippen molar-refractivity contribution in [1.29, 1.82) is 0 Å². The van der Waals surface area contributed by atoms with Crippen LogP contribution in [0, 0.1) is 53.9 Å². The summed E-state index contributed by atoms with van der Waals surface area (Å²) in [7, 11) is -4.58. The van der Waals surface area contributed by atoms with Gasteiger partial charge in [-0.25, -0.2) is 20.1 Å². The van der Waals surface area contributed by atoms with E-state index < -0.39 is 54.1 Å². The van der Waals surface area contributed by atoms with E-state index in [9.17, 15) is 28.8 Å². The maximum absolute atomic E-state index is 11.0. The maximum atomic E-state index is 11.0. The summed E-state index contributed by atoms with van der Waals surface area (Å²) < 4.78 is 56.3. The van der Waals surface area contributed by atoms with Gasteiger partial charge in [-0.2, -0.15) is 37.3 Å². The number of carbonyl (C=O) groups is 1. The molecule has 5 aliphatic rings. The van der Waals surface area contributed by atoms with Crippen molar-refractivity contribution in [2.75, 3.05) is 42.9 Å². The summed E-state index contributed by atoms with van der Waals surface area (Å²) in [6.07, 6.45) is 15.1. The third-order valence-electron chi connectivity index (χ3n) is 17.4. The Balaban J connectivity index is 0.000000234. The van der Waals surface area contributed by atoms with E-state index in [1.807, 2.05) is 129 Å². The van der Waals surface area contributed by atoms with Crippen LogP contribution in [0.5, 0.6) is 0 Å². The molecule has 2 aliphatic heterocycles. The molecule has 0 spiro atoms. The second-order valence-electron chi connectivity index (χ2n) is 26.6. The van der Waals surface area contributed by atoms with Gasteiger partial charge in [0.25, 0.3) is 6.47 Å². The van der Waals surface area contributed by atoms with Gasteiger partial charge < -0.3 is 72.0 Å². The van der Waals surface area contributed by atoms with Crippen molar-refractivity contribution < 1.29 is 176 Å². The Hall–Kier alpha value is -5.97. The van der Waals surface area contributed by atoms with E-state index in [2.05, 4.69) is 94.1 Å². The summed E-state index contributed by atoms with van der Waals surface area (Å²) in [5.41, 5.74) is 13.1. The largest absolute Gasteiger partial charge is 1.00 e. The molecule has 9 aromatic rings. The molecule has 28 nitrogen and oxygen atoms in total. The molecule has 10 N–H and O–H groups in total. The van der Waals surface area contributed by atoms with Crippen LogP contribution in [-0.2, 0) is 43.1 Å². The van der Waals surface area contributed by atoms with Crippen molar-refractivity contribution in [3.8, 4) is 69.9 Å². The van der Waals surface area contributed by atoms with Crippen LogP contribution in [0.4, 0.5) is 17.5 Å². The van der Waals surface area contributed by atoms with Crippen LogP contribution in [0.3, 0.4) is 0 Å². The van der Waals surface area contributed by atoms with Crippen LogP contribution < -0.4 is 129 Å². The number of aliphatic hydroxyl groups excluding tert-OH is 5. The average Bonchev–Trinajstić information content (AvgIpc) is 1.62. The second-order valence-corrected chi connectivity index (χ2v) is 32.6. The molecular formula is C72H87K2N13O15SSi. The molecule has 12 atom stereocenters. The van der Waals surface area contributed by atoms with Crippen LogP contribution in [0.2, 0.25) is 19.6 Å². The summed E-state index contributed by atoms with van der Waals surface area (Å²) in [6, 6.07) is 34.0. The SMILES string of the molecule is C.C#Cc1cccc(-c2cc3nccc(N[C@@H]4C[C@H](CO)[C@H]5OC(C)(C)O[C@H]54)n3n2)c1.C#Cc1cccc(-c2cc3nccc(N[C@@H]4C[C@H](COS(N)(=O)=O)[C@@H](O)[C@H]4O)n3n2)c1.CC1(C)O[C@@H]2[C@@H](CO)C[C@@H](Nc3ccnc4cc(-c5cccc(C#C[Si](C)(C)C)c5)nn34)[C@@H]2O1.CO.O=CO[O-].[H-].[K+].[K+]. The molecule has 3 aromatic carbocycles. The van der Waals surface area contributed by atoms with Gasteiger partial charge in [0.15, 0.2) is 28.5 Å². The number of rotatable bonds is 15. The van der Waals surface area contributed by atoms with Crippen molar-refractivity contribution >= 4 is 59.2 Å². The van der Waals surface area contributed by atoms with Gasteiger partial charge in [0, 0.05) is 108 Å². The fourth-order valence-electron chi connectivity index (χ4n) is 13.0. The predicted octanol–water partition coefficient (Wildman–Crippen LogP) is -0.452. The molecule has 0 radical (unpaired) electrons. The minimum Gasteiger partial charge on any atom is -1.00 e. The first kappa shape index (κ1) is 85.3. The Bertz CT molecular complexity index is 4680. The molecule has 3 saturated carbocycles. The van der Waals surface area contributed by atoms with E-state index in [4.69, 9.17) is 62.3 Å². The Labute approximate surface area is 692 Å².